The molecule has 2 aliphatic rings. The lowest BCUT2D eigenvalue weighted by Gasteiger charge is -2.34. The van der Waals surface area contributed by atoms with Crippen LogP contribution in [0.1, 0.15) is 61.7 Å². The molecule has 0 unspecified atom stereocenters. The fourth-order valence-electron chi connectivity index (χ4n) is 5.91. The highest BCUT2D eigenvalue weighted by Gasteiger charge is 2.37. The average Bonchev–Trinajstić information content (AvgIpc) is 2.93. The molecule has 1 aromatic heterocycles. The lowest BCUT2D eigenvalue weighted by atomic mass is 9.74. The molecule has 1 amide bonds. The topological polar surface area (TPSA) is 87.2 Å². The molecule has 0 spiro atoms. The monoisotopic (exact) mass is 499 g/mol. The van der Waals surface area contributed by atoms with Gasteiger partial charge in [0.25, 0.3) is 0 Å². The number of benzene rings is 2. The van der Waals surface area contributed by atoms with Crippen molar-refractivity contribution < 1.29 is 9.59 Å². The van der Waals surface area contributed by atoms with Gasteiger partial charge in [-0.1, -0.05) is 55.3 Å². The van der Waals surface area contributed by atoms with Crippen LogP contribution < -0.4 is 15.5 Å². The summed E-state index contributed by atoms with van der Waals surface area (Å²) in [7, 11) is 3.99. The molecule has 7 heteroatoms. The van der Waals surface area contributed by atoms with E-state index < -0.39 is 0 Å². The zero-order valence-corrected chi connectivity index (χ0v) is 21.8. The predicted octanol–water partition coefficient (Wildman–Crippen LogP) is 5.22. The predicted molar refractivity (Wildman–Crippen MR) is 148 cm³/mol. The van der Waals surface area contributed by atoms with E-state index >= 15 is 0 Å². The van der Waals surface area contributed by atoms with Gasteiger partial charge in [-0.15, -0.1) is 0 Å². The zero-order chi connectivity index (χ0) is 25.8. The number of rotatable bonds is 7. The smallest absolute Gasteiger partial charge is 0.225 e. The van der Waals surface area contributed by atoms with Gasteiger partial charge in [-0.25, -0.2) is 4.98 Å². The number of Topliss-reactive ketones (excluding diaryl/α,β-unsaturated/α-hetero) is 1. The van der Waals surface area contributed by atoms with E-state index in [1.807, 2.05) is 73.6 Å². The second-order valence-corrected chi connectivity index (χ2v) is 10.7. The quantitative estimate of drug-likeness (QED) is 0.433. The molecule has 0 aliphatic heterocycles. The Morgan fingerprint density at radius 1 is 0.784 bits per heavy atom. The van der Waals surface area contributed by atoms with Crippen LogP contribution in [0.3, 0.4) is 0 Å². The first-order valence-corrected chi connectivity index (χ1v) is 13.6. The summed E-state index contributed by atoms with van der Waals surface area (Å²) in [6.07, 6.45) is 7.29. The summed E-state index contributed by atoms with van der Waals surface area (Å²) in [5, 5.41) is 7.88. The summed E-state index contributed by atoms with van der Waals surface area (Å²) in [6, 6.07) is 17.9. The molecule has 7 nitrogen and oxygen atoms in total. The lowest BCUT2D eigenvalue weighted by Crippen LogP contribution is -2.46. The largest absolute Gasteiger partial charge is 0.362 e. The van der Waals surface area contributed by atoms with Gasteiger partial charge in [0.2, 0.25) is 11.9 Å². The number of para-hydroxylation sites is 1. The van der Waals surface area contributed by atoms with Crippen molar-refractivity contribution in [2.24, 2.45) is 11.8 Å². The minimum Gasteiger partial charge on any atom is -0.362 e. The van der Waals surface area contributed by atoms with Gasteiger partial charge in [-0.05, 0) is 50.7 Å². The molecule has 2 aromatic carbocycles. The fourth-order valence-corrected chi connectivity index (χ4v) is 5.91. The van der Waals surface area contributed by atoms with E-state index in [1.165, 1.54) is 0 Å². The zero-order valence-electron chi connectivity index (χ0n) is 21.8. The van der Waals surface area contributed by atoms with Gasteiger partial charge in [0.1, 0.15) is 5.82 Å². The van der Waals surface area contributed by atoms with E-state index in [4.69, 9.17) is 9.97 Å². The molecule has 3 aromatic rings. The summed E-state index contributed by atoms with van der Waals surface area (Å²) in [5.41, 5.74) is 1.64. The normalized spacial score (nSPS) is 23.8. The van der Waals surface area contributed by atoms with Crippen molar-refractivity contribution in [1.82, 2.24) is 15.3 Å². The summed E-state index contributed by atoms with van der Waals surface area (Å²) in [6.45, 7) is 0. The molecule has 0 bridgehead atoms. The standard InChI is InChI=1S/C30H37N5O2/c1-35(2)28-25-14-8-9-15-26(25)33-30(34-28)32-22-18-16-21(17-19-22)31-29(37)24-13-7-6-12-23(24)27(36)20-10-4-3-5-11-20/h3-5,8-11,14-15,21-24H,6-7,12-13,16-19H2,1-2H3,(H,31,37)(H,32,33,34)/t21-,22+,23-,24-/m1/s1. The molecule has 2 fully saturated rings. The maximum absolute atomic E-state index is 13.3. The van der Waals surface area contributed by atoms with E-state index in [0.717, 1.165) is 68.1 Å². The molecule has 37 heavy (non-hydrogen) atoms. The van der Waals surface area contributed by atoms with E-state index in [0.29, 0.717) is 11.5 Å². The number of amides is 1. The van der Waals surface area contributed by atoms with Crippen molar-refractivity contribution in [1.29, 1.82) is 0 Å². The molecule has 2 atom stereocenters. The van der Waals surface area contributed by atoms with Gasteiger partial charge in [-0.3, -0.25) is 9.59 Å². The third-order valence-corrected chi connectivity index (χ3v) is 7.91. The maximum atomic E-state index is 13.3. The lowest BCUT2D eigenvalue weighted by molar-refractivity contribution is -0.128. The van der Waals surface area contributed by atoms with Gasteiger partial charge >= 0.3 is 0 Å². The number of fused-ring (bicyclic) bond motifs is 1. The van der Waals surface area contributed by atoms with Crippen molar-refractivity contribution in [3.63, 3.8) is 0 Å². The summed E-state index contributed by atoms with van der Waals surface area (Å²) in [5.74, 6) is 1.28. The Balaban J connectivity index is 1.18. The Morgan fingerprint density at radius 3 is 2.16 bits per heavy atom. The molecule has 1 heterocycles. The van der Waals surface area contributed by atoms with Crippen molar-refractivity contribution in [2.75, 3.05) is 24.3 Å². The van der Waals surface area contributed by atoms with Gasteiger partial charge in [0.05, 0.1) is 5.52 Å². The molecular formula is C30H37N5O2. The van der Waals surface area contributed by atoms with E-state index in [1.54, 1.807) is 0 Å². The Hall–Kier alpha value is -3.48. The van der Waals surface area contributed by atoms with Crippen molar-refractivity contribution in [3.05, 3.63) is 60.2 Å². The van der Waals surface area contributed by atoms with Gasteiger partial charge in [0, 0.05) is 49.0 Å². The third-order valence-electron chi connectivity index (χ3n) is 7.91. The Morgan fingerprint density at radius 2 is 1.43 bits per heavy atom. The second-order valence-electron chi connectivity index (χ2n) is 10.7. The number of carbonyl (C=O) groups excluding carboxylic acids is 2. The first-order chi connectivity index (χ1) is 18.0. The van der Waals surface area contributed by atoms with Crippen LogP contribution in [0.15, 0.2) is 54.6 Å². The highest BCUT2D eigenvalue weighted by molar-refractivity contribution is 6.00. The molecule has 5 rings (SSSR count). The van der Waals surface area contributed by atoms with E-state index in [2.05, 4.69) is 10.6 Å². The number of hydrogen-bond acceptors (Lipinski definition) is 6. The second kappa shape index (κ2) is 11.3. The van der Waals surface area contributed by atoms with Gasteiger partial charge < -0.3 is 15.5 Å². The summed E-state index contributed by atoms with van der Waals surface area (Å²) in [4.78, 5) is 38.0. The molecule has 194 valence electrons. The third kappa shape index (κ3) is 5.76. The highest BCUT2D eigenvalue weighted by Crippen LogP contribution is 2.34. The minimum absolute atomic E-state index is 0.0545. The molecule has 0 saturated heterocycles. The first kappa shape index (κ1) is 25.2. The average molecular weight is 500 g/mol. The number of anilines is 2. The fraction of sp³-hybridized carbons (Fsp3) is 0.467. The summed E-state index contributed by atoms with van der Waals surface area (Å²) < 4.78 is 0. The van der Waals surface area contributed by atoms with Crippen LogP contribution in [-0.2, 0) is 4.79 Å². The van der Waals surface area contributed by atoms with Crippen LogP contribution in [0.2, 0.25) is 0 Å². The van der Waals surface area contributed by atoms with Crippen molar-refractivity contribution >= 4 is 34.4 Å². The number of aromatic nitrogens is 2. The van der Waals surface area contributed by atoms with Gasteiger partial charge in [-0.2, -0.15) is 4.98 Å². The SMILES string of the molecule is CN(C)c1nc(N[C@H]2CC[C@@H](NC(=O)[C@@H]3CCCC[C@H]3C(=O)c3ccccc3)CC2)nc2ccccc12. The number of hydrogen-bond donors (Lipinski definition) is 2. The van der Waals surface area contributed by atoms with Crippen LogP contribution in [0.4, 0.5) is 11.8 Å². The number of nitrogens with zero attached hydrogens (tertiary/aromatic N) is 3. The van der Waals surface area contributed by atoms with Gasteiger partial charge in [0.15, 0.2) is 5.78 Å². The molecular weight excluding hydrogens is 462 g/mol. The Kier molecular flexibility index (Phi) is 7.68. The first-order valence-electron chi connectivity index (χ1n) is 13.6. The molecule has 0 radical (unpaired) electrons. The number of carbonyl (C=O) groups is 2. The molecule has 2 saturated carbocycles. The van der Waals surface area contributed by atoms with E-state index in [-0.39, 0.29) is 35.6 Å². The summed E-state index contributed by atoms with van der Waals surface area (Å²) >= 11 is 0. The number of ketones is 1. The van der Waals surface area contributed by atoms with Crippen molar-refractivity contribution in [3.8, 4) is 0 Å². The van der Waals surface area contributed by atoms with Crippen molar-refractivity contribution in [2.45, 2.75) is 63.5 Å². The molecule has 2 N–H and O–H groups in total. The molecule has 2 aliphatic carbocycles. The van der Waals surface area contributed by atoms with Crippen LogP contribution in [-0.4, -0.2) is 47.8 Å². The van der Waals surface area contributed by atoms with Crippen LogP contribution >= 0.6 is 0 Å². The highest BCUT2D eigenvalue weighted by atomic mass is 16.2. The van der Waals surface area contributed by atoms with Crippen LogP contribution in [0.5, 0.6) is 0 Å². The maximum Gasteiger partial charge on any atom is 0.225 e. The Labute approximate surface area is 219 Å². The van der Waals surface area contributed by atoms with E-state index in [9.17, 15) is 9.59 Å². The van der Waals surface area contributed by atoms with Crippen LogP contribution in [0.25, 0.3) is 10.9 Å². The minimum atomic E-state index is -0.229. The number of nitrogens with one attached hydrogen (secondary N) is 2. The Bertz CT molecular complexity index is 1240. The van der Waals surface area contributed by atoms with Crippen LogP contribution in [0, 0.1) is 11.8 Å².